The van der Waals surface area contributed by atoms with Crippen molar-refractivity contribution in [3.05, 3.63) is 42.2 Å². The molecule has 1 amide bonds. The number of hydrogen-bond acceptors (Lipinski definition) is 8. The third-order valence-corrected chi connectivity index (χ3v) is 7.34. The maximum absolute atomic E-state index is 12.7. The first-order valence-corrected chi connectivity index (χ1v) is 13.5. The van der Waals surface area contributed by atoms with Crippen LogP contribution in [0.25, 0.3) is 33.2 Å². The minimum Gasteiger partial charge on any atom is -0.466 e. The van der Waals surface area contributed by atoms with E-state index in [0.29, 0.717) is 17.9 Å². The van der Waals surface area contributed by atoms with E-state index < -0.39 is 5.60 Å². The van der Waals surface area contributed by atoms with E-state index in [0.717, 1.165) is 45.3 Å². The third kappa shape index (κ3) is 5.40. The van der Waals surface area contributed by atoms with Crippen molar-refractivity contribution in [2.24, 2.45) is 13.0 Å². The molecule has 10 nitrogen and oxygen atoms in total. The van der Waals surface area contributed by atoms with E-state index in [2.05, 4.69) is 29.1 Å². The third-order valence-electron chi connectivity index (χ3n) is 7.34. The average molecular weight is 547 g/mol. The lowest BCUT2D eigenvalue weighted by molar-refractivity contribution is 0.0208. The number of carbonyl (C=O) groups is 1. The molecule has 3 aromatic heterocycles. The molecule has 1 aromatic carbocycles. The molecule has 0 radical (unpaired) electrons. The van der Waals surface area contributed by atoms with Gasteiger partial charge < -0.3 is 24.0 Å². The van der Waals surface area contributed by atoms with Crippen molar-refractivity contribution in [1.29, 1.82) is 0 Å². The number of likely N-dealkylation sites (N-methyl/N-ethyl adjacent to an activating group) is 1. The van der Waals surface area contributed by atoms with E-state index in [1.807, 2.05) is 66.3 Å². The standard InChI is InChI=1S/C30H38N6O4/c1-18-14-36(16-25(18)35(7)29(37)40-30(3,4)5)22-11-20-9-10-24(32-28(20)31-13-22)23-12-21-15-34(6)33-26(21)19(2)27(23)39-17-38-8/h9-13,15,18,25H,14,16-17H2,1-8H3/t18-,25-/m1/s1. The van der Waals surface area contributed by atoms with Gasteiger partial charge in [-0.2, -0.15) is 5.10 Å². The summed E-state index contributed by atoms with van der Waals surface area (Å²) in [4.78, 5) is 26.3. The van der Waals surface area contributed by atoms with E-state index in [1.54, 1.807) is 16.7 Å². The Morgan fingerprint density at radius 1 is 1.18 bits per heavy atom. The van der Waals surface area contributed by atoms with Gasteiger partial charge in [0.1, 0.15) is 11.4 Å². The summed E-state index contributed by atoms with van der Waals surface area (Å²) in [6, 6.07) is 8.24. The number of hydrogen-bond donors (Lipinski definition) is 0. The highest BCUT2D eigenvalue weighted by atomic mass is 16.7. The number of pyridine rings is 2. The summed E-state index contributed by atoms with van der Waals surface area (Å²) in [5.41, 5.74) is 4.58. The number of rotatable bonds is 6. The van der Waals surface area contributed by atoms with E-state index in [9.17, 15) is 4.79 Å². The maximum Gasteiger partial charge on any atom is 0.410 e. The molecule has 0 N–H and O–H groups in total. The zero-order chi connectivity index (χ0) is 28.8. The largest absolute Gasteiger partial charge is 0.466 e. The van der Waals surface area contributed by atoms with Gasteiger partial charge in [-0.15, -0.1) is 0 Å². The molecule has 4 aromatic rings. The fourth-order valence-electron chi connectivity index (χ4n) is 5.38. The number of nitrogens with zero attached hydrogens (tertiary/aromatic N) is 6. The molecule has 1 fully saturated rings. The number of aryl methyl sites for hydroxylation is 2. The molecule has 40 heavy (non-hydrogen) atoms. The Morgan fingerprint density at radius 2 is 1.95 bits per heavy atom. The summed E-state index contributed by atoms with van der Waals surface area (Å²) in [6.45, 7) is 11.5. The van der Waals surface area contributed by atoms with Gasteiger partial charge in [-0.1, -0.05) is 6.92 Å². The zero-order valence-electron chi connectivity index (χ0n) is 24.6. The minimum atomic E-state index is -0.528. The summed E-state index contributed by atoms with van der Waals surface area (Å²) in [5.74, 6) is 0.979. The van der Waals surface area contributed by atoms with Crippen LogP contribution in [0.5, 0.6) is 5.75 Å². The summed E-state index contributed by atoms with van der Waals surface area (Å²) < 4.78 is 18.6. The van der Waals surface area contributed by atoms with E-state index in [1.165, 1.54) is 0 Å². The number of methoxy groups -OCH3 is 1. The van der Waals surface area contributed by atoms with Gasteiger partial charge in [0.15, 0.2) is 12.4 Å². The predicted molar refractivity (Wildman–Crippen MR) is 156 cm³/mol. The summed E-state index contributed by atoms with van der Waals surface area (Å²) in [7, 11) is 5.32. The Hall–Kier alpha value is -3.92. The van der Waals surface area contributed by atoms with Crippen LogP contribution < -0.4 is 9.64 Å². The number of amides is 1. The summed E-state index contributed by atoms with van der Waals surface area (Å²) in [6.07, 6.45) is 3.55. The Balaban J connectivity index is 1.42. The lowest BCUT2D eigenvalue weighted by Crippen LogP contribution is -2.44. The van der Waals surface area contributed by atoms with Crippen LogP contribution in [-0.2, 0) is 16.5 Å². The monoisotopic (exact) mass is 546 g/mol. The van der Waals surface area contributed by atoms with Crippen molar-refractivity contribution in [2.75, 3.05) is 38.9 Å². The van der Waals surface area contributed by atoms with E-state index in [4.69, 9.17) is 24.2 Å². The second-order valence-corrected chi connectivity index (χ2v) is 11.6. The number of aromatic nitrogens is 4. The second-order valence-electron chi connectivity index (χ2n) is 11.6. The van der Waals surface area contributed by atoms with Crippen LogP contribution in [0.3, 0.4) is 0 Å². The second kappa shape index (κ2) is 10.6. The molecule has 1 aliphatic rings. The smallest absolute Gasteiger partial charge is 0.410 e. The highest BCUT2D eigenvalue weighted by Crippen LogP contribution is 2.38. The van der Waals surface area contributed by atoms with Crippen LogP contribution in [-0.4, -0.2) is 76.4 Å². The molecular formula is C30H38N6O4. The first-order chi connectivity index (χ1) is 18.9. The number of benzene rings is 1. The maximum atomic E-state index is 12.7. The topological polar surface area (TPSA) is 94.8 Å². The lowest BCUT2D eigenvalue weighted by atomic mass is 10.0. The van der Waals surface area contributed by atoms with Crippen molar-refractivity contribution in [2.45, 2.75) is 46.3 Å². The fraction of sp³-hybridized carbons (Fsp3) is 0.467. The molecule has 0 saturated carbocycles. The first-order valence-electron chi connectivity index (χ1n) is 13.5. The van der Waals surface area contributed by atoms with E-state index >= 15 is 0 Å². The van der Waals surface area contributed by atoms with Crippen LogP contribution in [0.15, 0.2) is 36.7 Å². The SMILES string of the molecule is COCOc1c(-c2ccc3cc(N4C[C@@H](C)[C@H](N(C)C(=O)OC(C)(C)C)C4)cnc3n2)cc2cn(C)nc2c1C. The van der Waals surface area contributed by atoms with Gasteiger partial charge in [-0.3, -0.25) is 4.68 Å². The predicted octanol–water partition coefficient (Wildman–Crippen LogP) is 5.17. The van der Waals surface area contributed by atoms with Gasteiger partial charge in [-0.05, 0) is 57.9 Å². The van der Waals surface area contributed by atoms with E-state index in [-0.39, 0.29) is 24.8 Å². The minimum absolute atomic E-state index is 0.0437. The molecule has 2 atom stereocenters. The number of ether oxygens (including phenoxy) is 3. The number of anilines is 1. The van der Waals surface area contributed by atoms with Gasteiger partial charge in [0.2, 0.25) is 0 Å². The van der Waals surface area contributed by atoms with Crippen molar-refractivity contribution < 1.29 is 19.0 Å². The number of carbonyl (C=O) groups excluding carboxylic acids is 1. The van der Waals surface area contributed by atoms with Gasteiger partial charge in [0, 0.05) is 62.4 Å². The highest BCUT2D eigenvalue weighted by Gasteiger charge is 2.36. The Bertz CT molecular complexity index is 1560. The zero-order valence-corrected chi connectivity index (χ0v) is 24.6. The molecule has 0 aliphatic carbocycles. The first kappa shape index (κ1) is 27.6. The molecule has 0 spiro atoms. The van der Waals surface area contributed by atoms with Gasteiger partial charge in [0.25, 0.3) is 0 Å². The summed E-state index contributed by atoms with van der Waals surface area (Å²) in [5, 5.41) is 6.54. The molecule has 1 aliphatic heterocycles. The average Bonchev–Trinajstić information content (AvgIpc) is 3.48. The van der Waals surface area contributed by atoms with Gasteiger partial charge in [0.05, 0.1) is 29.1 Å². The highest BCUT2D eigenvalue weighted by molar-refractivity contribution is 5.92. The number of fused-ring (bicyclic) bond motifs is 2. The van der Waals surface area contributed by atoms with Gasteiger partial charge in [-0.25, -0.2) is 14.8 Å². The van der Waals surface area contributed by atoms with Crippen LogP contribution in [0.1, 0.15) is 33.3 Å². The Labute approximate surface area is 234 Å². The molecule has 10 heteroatoms. The summed E-state index contributed by atoms with van der Waals surface area (Å²) >= 11 is 0. The molecule has 0 unspecified atom stereocenters. The molecule has 212 valence electrons. The molecule has 5 rings (SSSR count). The van der Waals surface area contributed by atoms with Crippen molar-refractivity contribution in [1.82, 2.24) is 24.6 Å². The van der Waals surface area contributed by atoms with Crippen molar-refractivity contribution in [3.63, 3.8) is 0 Å². The van der Waals surface area contributed by atoms with Crippen LogP contribution >= 0.6 is 0 Å². The quantitative estimate of drug-likeness (QED) is 0.306. The lowest BCUT2D eigenvalue weighted by Gasteiger charge is -2.30. The fourth-order valence-corrected chi connectivity index (χ4v) is 5.38. The molecule has 0 bridgehead atoms. The van der Waals surface area contributed by atoms with Crippen molar-refractivity contribution in [3.8, 4) is 17.0 Å². The molecular weight excluding hydrogens is 508 g/mol. The van der Waals surface area contributed by atoms with Gasteiger partial charge >= 0.3 is 6.09 Å². The van der Waals surface area contributed by atoms with Crippen molar-refractivity contribution >= 4 is 33.7 Å². The van der Waals surface area contributed by atoms with Crippen LogP contribution in [0, 0.1) is 12.8 Å². The molecule has 4 heterocycles. The normalized spacial score (nSPS) is 17.6. The molecule has 1 saturated heterocycles. The Kier molecular flexibility index (Phi) is 7.31. The van der Waals surface area contributed by atoms with Crippen LogP contribution in [0.4, 0.5) is 10.5 Å². The Morgan fingerprint density at radius 3 is 2.67 bits per heavy atom. The van der Waals surface area contributed by atoms with Crippen LogP contribution in [0.2, 0.25) is 0 Å².